The number of esters is 1. The van der Waals surface area contributed by atoms with Crippen molar-refractivity contribution < 1.29 is 14.3 Å². The molecule has 84 valence electrons. The highest BCUT2D eigenvalue weighted by atomic mass is 16.5. The molecule has 0 amide bonds. The molecule has 0 atom stereocenters. The molecule has 1 aromatic rings. The van der Waals surface area contributed by atoms with Crippen LogP contribution in [-0.4, -0.2) is 18.4 Å². The normalized spacial score (nSPS) is 14.4. The molecule has 0 aromatic heterocycles. The summed E-state index contributed by atoms with van der Waals surface area (Å²) in [5, 5.41) is 0. The highest BCUT2D eigenvalue weighted by Gasteiger charge is 2.22. The Labute approximate surface area is 94.4 Å². The van der Waals surface area contributed by atoms with Gasteiger partial charge in [-0.3, -0.25) is 4.79 Å². The van der Waals surface area contributed by atoms with Crippen LogP contribution < -0.4 is 0 Å². The minimum Gasteiger partial charge on any atom is -0.462 e. The summed E-state index contributed by atoms with van der Waals surface area (Å²) in [5.74, 6) is -0.193. The van der Waals surface area contributed by atoms with E-state index in [4.69, 9.17) is 4.74 Å². The minimum atomic E-state index is -0.325. The molecule has 0 heterocycles. The molecular formula is C13H14O3. The van der Waals surface area contributed by atoms with Crippen molar-refractivity contribution in [2.24, 2.45) is 0 Å². The lowest BCUT2D eigenvalue weighted by molar-refractivity contribution is 0.0525. The summed E-state index contributed by atoms with van der Waals surface area (Å²) in [6.45, 7) is 2.13. The molecule has 0 N–H and O–H groups in total. The standard InChI is InChI=1S/C13H14O3/c1-2-16-13(15)11-7-3-6-10-9(11)5-4-8-12(10)14/h3,6-7H,2,4-5,8H2,1H3. The van der Waals surface area contributed by atoms with Gasteiger partial charge in [-0.2, -0.15) is 0 Å². The molecule has 3 nitrogen and oxygen atoms in total. The number of rotatable bonds is 2. The molecule has 16 heavy (non-hydrogen) atoms. The van der Waals surface area contributed by atoms with Crippen molar-refractivity contribution in [3.05, 3.63) is 34.9 Å². The Bertz CT molecular complexity index is 435. The van der Waals surface area contributed by atoms with Crippen LogP contribution in [-0.2, 0) is 11.2 Å². The number of carbonyl (C=O) groups is 2. The predicted octanol–water partition coefficient (Wildman–Crippen LogP) is 2.38. The molecule has 0 fully saturated rings. The number of Topliss-reactive ketones (excluding diaryl/α,β-unsaturated/α-hetero) is 1. The quantitative estimate of drug-likeness (QED) is 0.716. The third kappa shape index (κ3) is 1.85. The Morgan fingerprint density at radius 1 is 1.38 bits per heavy atom. The van der Waals surface area contributed by atoms with E-state index in [1.807, 2.05) is 0 Å². The number of hydrogen-bond donors (Lipinski definition) is 0. The maximum absolute atomic E-state index is 11.7. The van der Waals surface area contributed by atoms with Crippen LogP contribution in [0, 0.1) is 0 Å². The lowest BCUT2D eigenvalue weighted by Gasteiger charge is -2.17. The zero-order valence-electron chi connectivity index (χ0n) is 9.29. The van der Waals surface area contributed by atoms with Crippen molar-refractivity contribution in [2.45, 2.75) is 26.2 Å². The number of carbonyl (C=O) groups excluding carboxylic acids is 2. The summed E-state index contributed by atoms with van der Waals surface area (Å²) < 4.78 is 4.98. The number of hydrogen-bond acceptors (Lipinski definition) is 3. The molecule has 3 heteroatoms. The largest absolute Gasteiger partial charge is 0.462 e. The summed E-state index contributed by atoms with van der Waals surface area (Å²) in [5.41, 5.74) is 2.10. The lowest BCUT2D eigenvalue weighted by Crippen LogP contribution is -2.16. The van der Waals surface area contributed by atoms with Gasteiger partial charge < -0.3 is 4.74 Å². The highest BCUT2D eigenvalue weighted by Crippen LogP contribution is 2.24. The second kappa shape index (κ2) is 4.47. The van der Waals surface area contributed by atoms with Gasteiger partial charge in [0.1, 0.15) is 0 Å². The van der Waals surface area contributed by atoms with Crippen molar-refractivity contribution >= 4 is 11.8 Å². The van der Waals surface area contributed by atoms with Gasteiger partial charge in [-0.05, 0) is 31.4 Å². The predicted molar refractivity (Wildman–Crippen MR) is 59.7 cm³/mol. The molecule has 0 spiro atoms. The summed E-state index contributed by atoms with van der Waals surface area (Å²) >= 11 is 0. The van der Waals surface area contributed by atoms with Gasteiger partial charge in [-0.1, -0.05) is 12.1 Å². The second-order valence-corrected chi connectivity index (χ2v) is 3.83. The van der Waals surface area contributed by atoms with Crippen molar-refractivity contribution in [3.8, 4) is 0 Å². The van der Waals surface area contributed by atoms with Gasteiger partial charge in [-0.15, -0.1) is 0 Å². The first kappa shape index (κ1) is 10.9. The Kier molecular flexibility index (Phi) is 3.04. The summed E-state index contributed by atoms with van der Waals surface area (Å²) in [6, 6.07) is 5.27. The summed E-state index contributed by atoms with van der Waals surface area (Å²) in [6.07, 6.45) is 2.19. The zero-order chi connectivity index (χ0) is 11.5. The van der Waals surface area contributed by atoms with E-state index < -0.39 is 0 Å². The third-order valence-electron chi connectivity index (χ3n) is 2.80. The van der Waals surface area contributed by atoms with Crippen LogP contribution in [0.1, 0.15) is 46.0 Å². The molecule has 0 bridgehead atoms. The monoisotopic (exact) mass is 218 g/mol. The Morgan fingerprint density at radius 3 is 2.94 bits per heavy atom. The number of fused-ring (bicyclic) bond motifs is 1. The van der Waals surface area contributed by atoms with Crippen molar-refractivity contribution in [1.29, 1.82) is 0 Å². The van der Waals surface area contributed by atoms with Crippen LogP contribution in [0.2, 0.25) is 0 Å². The average Bonchev–Trinajstić information content (AvgIpc) is 2.29. The van der Waals surface area contributed by atoms with Crippen LogP contribution in [0.4, 0.5) is 0 Å². The molecule has 1 aliphatic carbocycles. The third-order valence-corrected chi connectivity index (χ3v) is 2.80. The number of ether oxygens (including phenoxy) is 1. The fourth-order valence-corrected chi connectivity index (χ4v) is 2.08. The molecule has 1 aliphatic rings. The second-order valence-electron chi connectivity index (χ2n) is 3.83. The molecule has 0 saturated heterocycles. The fourth-order valence-electron chi connectivity index (χ4n) is 2.08. The number of benzene rings is 1. The van der Waals surface area contributed by atoms with Crippen LogP contribution in [0.15, 0.2) is 18.2 Å². The SMILES string of the molecule is CCOC(=O)c1cccc2c1CCCC2=O. The minimum absolute atomic E-state index is 0.132. The van der Waals surface area contributed by atoms with Crippen LogP contribution in [0.5, 0.6) is 0 Å². The Hall–Kier alpha value is -1.64. The van der Waals surface area contributed by atoms with E-state index in [0.29, 0.717) is 24.2 Å². The average molecular weight is 218 g/mol. The van der Waals surface area contributed by atoms with E-state index >= 15 is 0 Å². The fraction of sp³-hybridized carbons (Fsp3) is 0.385. The van der Waals surface area contributed by atoms with Crippen molar-refractivity contribution in [3.63, 3.8) is 0 Å². The topological polar surface area (TPSA) is 43.4 Å². The Morgan fingerprint density at radius 2 is 2.19 bits per heavy atom. The number of ketones is 1. The maximum atomic E-state index is 11.7. The van der Waals surface area contributed by atoms with E-state index in [9.17, 15) is 9.59 Å². The smallest absolute Gasteiger partial charge is 0.338 e. The van der Waals surface area contributed by atoms with Crippen molar-refractivity contribution in [1.82, 2.24) is 0 Å². The molecular weight excluding hydrogens is 204 g/mol. The van der Waals surface area contributed by atoms with E-state index in [-0.39, 0.29) is 11.8 Å². The van der Waals surface area contributed by atoms with Crippen LogP contribution in [0.25, 0.3) is 0 Å². The van der Waals surface area contributed by atoms with Gasteiger partial charge in [0.25, 0.3) is 0 Å². The molecule has 1 aromatic carbocycles. The summed E-state index contributed by atoms with van der Waals surface area (Å²) in [4.78, 5) is 23.4. The first-order valence-corrected chi connectivity index (χ1v) is 5.56. The zero-order valence-corrected chi connectivity index (χ0v) is 9.29. The van der Waals surface area contributed by atoms with Gasteiger partial charge in [0.05, 0.1) is 12.2 Å². The van der Waals surface area contributed by atoms with Gasteiger partial charge in [0, 0.05) is 12.0 Å². The molecule has 0 aliphatic heterocycles. The summed E-state index contributed by atoms with van der Waals surface area (Å²) in [7, 11) is 0. The van der Waals surface area contributed by atoms with Crippen molar-refractivity contribution in [2.75, 3.05) is 6.61 Å². The van der Waals surface area contributed by atoms with Gasteiger partial charge in [-0.25, -0.2) is 4.79 Å². The van der Waals surface area contributed by atoms with E-state index in [1.54, 1.807) is 25.1 Å². The molecule has 2 rings (SSSR count). The molecule has 0 unspecified atom stereocenters. The van der Waals surface area contributed by atoms with E-state index in [2.05, 4.69) is 0 Å². The van der Waals surface area contributed by atoms with Gasteiger partial charge >= 0.3 is 5.97 Å². The maximum Gasteiger partial charge on any atom is 0.338 e. The van der Waals surface area contributed by atoms with E-state index in [0.717, 1.165) is 18.4 Å². The highest BCUT2D eigenvalue weighted by molar-refractivity contribution is 6.02. The first-order valence-electron chi connectivity index (χ1n) is 5.56. The lowest BCUT2D eigenvalue weighted by atomic mass is 9.87. The van der Waals surface area contributed by atoms with Gasteiger partial charge in [0.2, 0.25) is 0 Å². The van der Waals surface area contributed by atoms with Gasteiger partial charge in [0.15, 0.2) is 5.78 Å². The van der Waals surface area contributed by atoms with Crippen LogP contribution in [0.3, 0.4) is 0 Å². The van der Waals surface area contributed by atoms with Crippen LogP contribution >= 0.6 is 0 Å². The molecule has 0 radical (unpaired) electrons. The molecule has 0 saturated carbocycles. The first-order chi connectivity index (χ1) is 7.74. The van der Waals surface area contributed by atoms with E-state index in [1.165, 1.54) is 0 Å². The Balaban J connectivity index is 2.43.